The maximum atomic E-state index is 13.0. The number of halogens is 1. The third kappa shape index (κ3) is 5.86. The summed E-state index contributed by atoms with van der Waals surface area (Å²) in [5.41, 5.74) is 2.19. The number of amides is 1. The van der Waals surface area contributed by atoms with Crippen molar-refractivity contribution in [2.24, 2.45) is 7.05 Å². The van der Waals surface area contributed by atoms with Crippen molar-refractivity contribution in [3.63, 3.8) is 0 Å². The SMILES string of the molecule is COc1ccc(S(=O)(=O)NC(=O)c2cc3c(Nc4cccc(OC)c4)ccc(Cl)c3n2C)cc1.[KH]. The van der Waals surface area contributed by atoms with Gasteiger partial charge in [-0.05, 0) is 54.6 Å². The van der Waals surface area contributed by atoms with E-state index in [0.717, 1.165) is 5.69 Å². The number of nitrogens with one attached hydrogen (secondary N) is 2. The van der Waals surface area contributed by atoms with E-state index in [1.165, 1.54) is 31.4 Å². The molecule has 8 nitrogen and oxygen atoms in total. The standard InChI is InChI=1S/C24H22ClN3O5S.K.H/c1-28-22(24(29)27-34(30,31)18-9-7-16(32-2)8-10-18)14-19-21(12-11-20(25)23(19)28)26-15-5-4-6-17(13-15)33-3;;/h4-14,26H,1-3H3,(H,27,29);;. The van der Waals surface area contributed by atoms with Crippen LogP contribution in [0.15, 0.2) is 71.6 Å². The fourth-order valence-electron chi connectivity index (χ4n) is 3.59. The van der Waals surface area contributed by atoms with Gasteiger partial charge in [0.15, 0.2) is 0 Å². The minimum atomic E-state index is -4.09. The number of sulfonamides is 1. The molecule has 4 rings (SSSR count). The van der Waals surface area contributed by atoms with Crippen LogP contribution in [0.3, 0.4) is 0 Å². The van der Waals surface area contributed by atoms with E-state index in [1.54, 1.807) is 36.9 Å². The summed E-state index contributed by atoms with van der Waals surface area (Å²) in [5.74, 6) is 0.412. The van der Waals surface area contributed by atoms with Crippen LogP contribution in [-0.4, -0.2) is 84.5 Å². The van der Waals surface area contributed by atoms with Crippen LogP contribution >= 0.6 is 11.6 Å². The molecule has 1 amide bonds. The van der Waals surface area contributed by atoms with Crippen LogP contribution < -0.4 is 19.5 Å². The van der Waals surface area contributed by atoms with Crippen molar-refractivity contribution in [1.82, 2.24) is 9.29 Å². The number of methoxy groups -OCH3 is 2. The first-order valence-corrected chi connectivity index (χ1v) is 12.0. The normalized spacial score (nSPS) is 11.0. The number of carbonyl (C=O) groups is 1. The molecule has 0 unspecified atom stereocenters. The Hall–Kier alpha value is -2.05. The topological polar surface area (TPSA) is 98.7 Å². The molecule has 1 aromatic heterocycles. The first kappa shape index (κ1) is 27.5. The van der Waals surface area contributed by atoms with Gasteiger partial charge in [0.25, 0.3) is 15.9 Å². The second-order valence-corrected chi connectivity index (χ2v) is 9.50. The average Bonchev–Trinajstić information content (AvgIpc) is 3.19. The van der Waals surface area contributed by atoms with Gasteiger partial charge < -0.3 is 19.4 Å². The van der Waals surface area contributed by atoms with Gasteiger partial charge in [-0.25, -0.2) is 13.1 Å². The molecule has 0 saturated carbocycles. The molecule has 4 aromatic rings. The monoisotopic (exact) mass is 539 g/mol. The molecule has 1 heterocycles. The van der Waals surface area contributed by atoms with E-state index in [-0.39, 0.29) is 62.0 Å². The Kier molecular flexibility index (Phi) is 8.92. The number of rotatable bonds is 7. The number of ether oxygens (including phenoxy) is 2. The van der Waals surface area contributed by atoms with Gasteiger partial charge in [-0.15, -0.1) is 0 Å². The number of anilines is 2. The van der Waals surface area contributed by atoms with Crippen LogP contribution in [0.25, 0.3) is 10.9 Å². The second kappa shape index (κ2) is 11.3. The van der Waals surface area contributed by atoms with Gasteiger partial charge in [-0.3, -0.25) is 4.79 Å². The Bertz CT molecular complexity index is 1490. The molecule has 35 heavy (non-hydrogen) atoms. The summed E-state index contributed by atoms with van der Waals surface area (Å²) in [7, 11) is 0.622. The van der Waals surface area contributed by atoms with Crippen molar-refractivity contribution >= 4 is 101 Å². The van der Waals surface area contributed by atoms with Gasteiger partial charge >= 0.3 is 51.4 Å². The number of hydrogen-bond acceptors (Lipinski definition) is 6. The number of aromatic nitrogens is 1. The molecule has 178 valence electrons. The zero-order valence-corrected chi connectivity index (χ0v) is 20.2. The molecule has 0 saturated heterocycles. The van der Waals surface area contributed by atoms with Crippen LogP contribution in [0, 0.1) is 0 Å². The summed E-state index contributed by atoms with van der Waals surface area (Å²) < 4.78 is 39.5. The molecule has 3 aromatic carbocycles. The maximum absolute atomic E-state index is 13.0. The number of fused-ring (bicyclic) bond motifs is 1. The summed E-state index contributed by atoms with van der Waals surface area (Å²) in [4.78, 5) is 12.9. The Morgan fingerprint density at radius 1 is 0.943 bits per heavy atom. The van der Waals surface area contributed by atoms with E-state index >= 15 is 0 Å². The molecule has 0 spiro atoms. The zero-order chi connectivity index (χ0) is 24.5. The number of carbonyl (C=O) groups excluding carboxylic acids is 1. The van der Waals surface area contributed by atoms with Gasteiger partial charge in [-0.1, -0.05) is 17.7 Å². The first-order chi connectivity index (χ1) is 16.2. The Balaban J connectivity index is 0.00000342. The van der Waals surface area contributed by atoms with E-state index in [9.17, 15) is 13.2 Å². The van der Waals surface area contributed by atoms with E-state index in [0.29, 0.717) is 33.1 Å². The van der Waals surface area contributed by atoms with Crippen LogP contribution in [0.1, 0.15) is 10.5 Å². The Labute approximate surface area is 251 Å². The molecule has 0 radical (unpaired) electrons. The third-order valence-corrected chi connectivity index (χ3v) is 6.98. The predicted molar refractivity (Wildman–Crippen MR) is 139 cm³/mol. The molecular weight excluding hydrogens is 517 g/mol. The van der Waals surface area contributed by atoms with Crippen LogP contribution in [0.5, 0.6) is 11.5 Å². The van der Waals surface area contributed by atoms with Gasteiger partial charge in [0, 0.05) is 29.9 Å². The molecule has 2 N–H and O–H groups in total. The molecule has 0 aliphatic rings. The Morgan fingerprint density at radius 3 is 2.29 bits per heavy atom. The van der Waals surface area contributed by atoms with Gasteiger partial charge in [0.1, 0.15) is 17.2 Å². The van der Waals surface area contributed by atoms with Crippen LogP contribution in [0.2, 0.25) is 5.02 Å². The van der Waals surface area contributed by atoms with E-state index in [4.69, 9.17) is 21.1 Å². The summed E-state index contributed by atoms with van der Waals surface area (Å²) >= 11 is 6.43. The molecular formula is C24H23ClKN3O5S. The van der Waals surface area contributed by atoms with Crippen LogP contribution in [-0.2, 0) is 17.1 Å². The van der Waals surface area contributed by atoms with Crippen LogP contribution in [0.4, 0.5) is 11.4 Å². The third-order valence-electron chi connectivity index (χ3n) is 5.32. The quantitative estimate of drug-likeness (QED) is 0.344. The second-order valence-electron chi connectivity index (χ2n) is 7.41. The minimum absolute atomic E-state index is 0. The molecule has 0 bridgehead atoms. The molecule has 0 fully saturated rings. The molecule has 0 aliphatic heterocycles. The van der Waals surface area contributed by atoms with E-state index in [1.807, 2.05) is 24.3 Å². The van der Waals surface area contributed by atoms with Crippen molar-refractivity contribution in [1.29, 1.82) is 0 Å². The van der Waals surface area contributed by atoms with Crippen molar-refractivity contribution in [2.45, 2.75) is 4.90 Å². The molecule has 0 aliphatic carbocycles. The van der Waals surface area contributed by atoms with E-state index in [2.05, 4.69) is 10.0 Å². The summed E-state index contributed by atoms with van der Waals surface area (Å²) in [6.07, 6.45) is 0. The molecule has 0 atom stereocenters. The number of aryl methyl sites for hydroxylation is 1. The number of hydrogen-bond donors (Lipinski definition) is 2. The molecule has 11 heteroatoms. The van der Waals surface area contributed by atoms with Gasteiger partial charge in [0.05, 0.1) is 29.7 Å². The van der Waals surface area contributed by atoms with E-state index < -0.39 is 15.9 Å². The average molecular weight is 540 g/mol. The summed E-state index contributed by atoms with van der Waals surface area (Å²) in [6, 6.07) is 18.2. The zero-order valence-electron chi connectivity index (χ0n) is 18.6. The van der Waals surface area contributed by atoms with Gasteiger partial charge in [0.2, 0.25) is 0 Å². The number of nitrogens with zero attached hydrogens (tertiary/aromatic N) is 1. The summed E-state index contributed by atoms with van der Waals surface area (Å²) in [5, 5.41) is 4.38. The summed E-state index contributed by atoms with van der Waals surface area (Å²) in [6.45, 7) is 0. The van der Waals surface area contributed by atoms with Crippen molar-refractivity contribution < 1.29 is 22.7 Å². The first-order valence-electron chi connectivity index (χ1n) is 10.1. The fourth-order valence-corrected chi connectivity index (χ4v) is 4.85. The van der Waals surface area contributed by atoms with Crippen molar-refractivity contribution in [3.8, 4) is 11.5 Å². The van der Waals surface area contributed by atoms with Gasteiger partial charge in [-0.2, -0.15) is 0 Å². The number of benzene rings is 3. The predicted octanol–water partition coefficient (Wildman–Crippen LogP) is 4.06. The van der Waals surface area contributed by atoms with Crippen molar-refractivity contribution in [2.75, 3.05) is 19.5 Å². The Morgan fingerprint density at radius 2 is 1.63 bits per heavy atom. The van der Waals surface area contributed by atoms with Crippen molar-refractivity contribution in [3.05, 3.63) is 77.4 Å². The fraction of sp³-hybridized carbons (Fsp3) is 0.125.